The van der Waals surface area contributed by atoms with E-state index in [2.05, 4.69) is 15.4 Å². The molecule has 170 valence electrons. The van der Waals surface area contributed by atoms with Gasteiger partial charge in [0, 0.05) is 37.8 Å². The van der Waals surface area contributed by atoms with Gasteiger partial charge in [0.2, 0.25) is 17.6 Å². The maximum absolute atomic E-state index is 12.9. The number of thiophene rings is 1. The number of carbonyl (C=O) groups excluding carboxylic acids is 2. The Balaban J connectivity index is 1.13. The first-order chi connectivity index (χ1) is 16.1. The molecule has 0 saturated carbocycles. The van der Waals surface area contributed by atoms with E-state index in [0.29, 0.717) is 5.82 Å². The highest BCUT2D eigenvalue weighted by molar-refractivity contribution is 7.08. The summed E-state index contributed by atoms with van der Waals surface area (Å²) in [6.45, 7) is 3.04. The summed E-state index contributed by atoms with van der Waals surface area (Å²) in [6, 6.07) is 11.6. The summed E-state index contributed by atoms with van der Waals surface area (Å²) in [6.07, 6.45) is 6.37. The second kappa shape index (κ2) is 9.27. The molecule has 2 aromatic heterocycles. The summed E-state index contributed by atoms with van der Waals surface area (Å²) in [5, 5.41) is 16.5. The van der Waals surface area contributed by atoms with Gasteiger partial charge in [-0.2, -0.15) is 16.1 Å². The zero-order valence-electron chi connectivity index (χ0n) is 18.3. The van der Waals surface area contributed by atoms with Crippen LogP contribution in [-0.2, 0) is 16.1 Å². The van der Waals surface area contributed by atoms with Crippen molar-refractivity contribution < 1.29 is 9.59 Å². The van der Waals surface area contributed by atoms with Crippen molar-refractivity contribution in [1.29, 1.82) is 0 Å². The van der Waals surface area contributed by atoms with Gasteiger partial charge in [0.05, 0.1) is 0 Å². The minimum Gasteiger partial charge on any atom is -0.340 e. The molecule has 0 unspecified atom stereocenters. The third-order valence-corrected chi connectivity index (χ3v) is 7.35. The minimum absolute atomic E-state index is 0.0149. The monoisotopic (exact) mass is 462 g/mol. The third-order valence-electron chi connectivity index (χ3n) is 6.65. The molecule has 0 bridgehead atoms. The first kappa shape index (κ1) is 21.5. The van der Waals surface area contributed by atoms with Gasteiger partial charge in [-0.15, -0.1) is 10.2 Å². The van der Waals surface area contributed by atoms with Crippen molar-refractivity contribution in [2.45, 2.75) is 25.8 Å². The molecule has 0 radical (unpaired) electrons. The van der Waals surface area contributed by atoms with Gasteiger partial charge in [-0.3, -0.25) is 9.59 Å². The van der Waals surface area contributed by atoms with Gasteiger partial charge in [0.1, 0.15) is 6.54 Å². The van der Waals surface area contributed by atoms with Crippen molar-refractivity contribution in [3.63, 3.8) is 0 Å². The first-order valence-corrected chi connectivity index (χ1v) is 12.1. The topological polar surface area (TPSA) is 84.2 Å². The lowest BCUT2D eigenvalue weighted by Crippen LogP contribution is -2.44. The maximum atomic E-state index is 12.9. The molecule has 33 heavy (non-hydrogen) atoms. The Bertz CT molecular complexity index is 1130. The van der Waals surface area contributed by atoms with Crippen LogP contribution in [0, 0.1) is 5.41 Å². The zero-order chi connectivity index (χ0) is 22.7. The fraction of sp³-hybridized carbons (Fsp3) is 0.375. The SMILES string of the molecule is O=C(/C=C/c1ccsc1)N1CCC2(CC1)CCN(C(=O)Cn1nnc(-c3ccccc3)n1)C2. The summed E-state index contributed by atoms with van der Waals surface area (Å²) in [7, 11) is 0. The molecule has 9 heteroatoms. The normalized spacial score (nSPS) is 17.8. The number of hydrogen-bond donors (Lipinski definition) is 0. The number of rotatable bonds is 5. The lowest BCUT2D eigenvalue weighted by atomic mass is 9.78. The van der Waals surface area contributed by atoms with Gasteiger partial charge in [0.15, 0.2) is 0 Å². The number of piperidine rings is 1. The standard InChI is InChI=1S/C24H26N6O2S/c31-21(7-6-19-8-15-33-17-19)28-12-9-24(10-13-28)11-14-29(18-24)22(32)16-30-26-23(25-27-30)20-4-2-1-3-5-20/h1-8,15,17H,9-14,16,18H2/b7-6+. The molecule has 2 amide bonds. The fourth-order valence-corrected chi connectivity index (χ4v) is 5.26. The van der Waals surface area contributed by atoms with E-state index in [0.717, 1.165) is 56.6 Å². The van der Waals surface area contributed by atoms with Crippen LogP contribution in [-0.4, -0.2) is 68.0 Å². The Morgan fingerprint density at radius 3 is 2.52 bits per heavy atom. The van der Waals surface area contributed by atoms with E-state index >= 15 is 0 Å². The molecule has 0 aliphatic carbocycles. The van der Waals surface area contributed by atoms with Crippen molar-refractivity contribution in [3.8, 4) is 11.4 Å². The zero-order valence-corrected chi connectivity index (χ0v) is 19.2. The van der Waals surface area contributed by atoms with Crippen molar-refractivity contribution >= 4 is 29.2 Å². The summed E-state index contributed by atoms with van der Waals surface area (Å²) in [5.41, 5.74) is 2.04. The predicted molar refractivity (Wildman–Crippen MR) is 126 cm³/mol. The molecule has 3 aromatic rings. The molecule has 2 aliphatic rings. The molecular weight excluding hydrogens is 436 g/mol. The van der Waals surface area contributed by atoms with E-state index in [1.165, 1.54) is 4.80 Å². The van der Waals surface area contributed by atoms with Gasteiger partial charge in [-0.25, -0.2) is 0 Å². The molecule has 5 rings (SSSR count). The molecular formula is C24H26N6O2S. The Labute approximate surface area is 196 Å². The molecule has 0 atom stereocenters. The largest absolute Gasteiger partial charge is 0.340 e. The van der Waals surface area contributed by atoms with Crippen LogP contribution in [0.25, 0.3) is 17.5 Å². The molecule has 2 saturated heterocycles. The molecule has 8 nitrogen and oxygen atoms in total. The Kier molecular flexibility index (Phi) is 6.04. The van der Waals surface area contributed by atoms with Crippen molar-refractivity contribution in [2.24, 2.45) is 5.41 Å². The van der Waals surface area contributed by atoms with E-state index in [1.807, 2.05) is 63.0 Å². The number of tetrazole rings is 1. The summed E-state index contributed by atoms with van der Waals surface area (Å²) in [4.78, 5) is 30.6. The minimum atomic E-state index is 0.0149. The molecule has 1 spiro atoms. The number of amides is 2. The van der Waals surface area contributed by atoms with Crippen molar-refractivity contribution in [2.75, 3.05) is 26.2 Å². The van der Waals surface area contributed by atoms with Gasteiger partial charge in [-0.05, 0) is 58.4 Å². The average Bonchev–Trinajstić information content (AvgIpc) is 3.61. The van der Waals surface area contributed by atoms with Crippen LogP contribution in [0.2, 0.25) is 0 Å². The summed E-state index contributed by atoms with van der Waals surface area (Å²) >= 11 is 1.62. The van der Waals surface area contributed by atoms with Crippen LogP contribution in [0.5, 0.6) is 0 Å². The fourth-order valence-electron chi connectivity index (χ4n) is 4.63. The first-order valence-electron chi connectivity index (χ1n) is 11.2. The van der Waals surface area contributed by atoms with E-state index in [-0.39, 0.29) is 23.8 Å². The highest BCUT2D eigenvalue weighted by Crippen LogP contribution is 2.40. The molecule has 2 fully saturated rings. The van der Waals surface area contributed by atoms with Crippen LogP contribution in [0.4, 0.5) is 0 Å². The van der Waals surface area contributed by atoms with E-state index in [4.69, 9.17) is 0 Å². The van der Waals surface area contributed by atoms with Crippen molar-refractivity contribution in [3.05, 3.63) is 58.8 Å². The summed E-state index contributed by atoms with van der Waals surface area (Å²) < 4.78 is 0. The van der Waals surface area contributed by atoms with E-state index in [1.54, 1.807) is 17.4 Å². The maximum Gasteiger partial charge on any atom is 0.246 e. The van der Waals surface area contributed by atoms with E-state index < -0.39 is 0 Å². The smallest absolute Gasteiger partial charge is 0.246 e. The Hall–Kier alpha value is -3.33. The number of aromatic nitrogens is 4. The van der Waals surface area contributed by atoms with Crippen LogP contribution in [0.1, 0.15) is 24.8 Å². The number of benzene rings is 1. The van der Waals surface area contributed by atoms with Crippen LogP contribution in [0.3, 0.4) is 0 Å². The van der Waals surface area contributed by atoms with Gasteiger partial charge in [-0.1, -0.05) is 30.3 Å². The highest BCUT2D eigenvalue weighted by Gasteiger charge is 2.42. The Morgan fingerprint density at radius 2 is 1.79 bits per heavy atom. The second-order valence-corrected chi connectivity index (χ2v) is 9.57. The van der Waals surface area contributed by atoms with Gasteiger partial charge in [0.25, 0.3) is 0 Å². The van der Waals surface area contributed by atoms with Crippen molar-refractivity contribution in [1.82, 2.24) is 30.0 Å². The number of likely N-dealkylation sites (tertiary alicyclic amines) is 2. The Morgan fingerprint density at radius 1 is 1.03 bits per heavy atom. The van der Waals surface area contributed by atoms with Gasteiger partial charge < -0.3 is 9.80 Å². The van der Waals surface area contributed by atoms with Crippen LogP contribution >= 0.6 is 11.3 Å². The number of nitrogens with zero attached hydrogens (tertiary/aromatic N) is 6. The predicted octanol–water partition coefficient (Wildman–Crippen LogP) is 2.96. The molecule has 4 heterocycles. The lowest BCUT2D eigenvalue weighted by Gasteiger charge is -2.38. The summed E-state index contributed by atoms with van der Waals surface area (Å²) in [5.74, 6) is 0.598. The van der Waals surface area contributed by atoms with Gasteiger partial charge >= 0.3 is 0 Å². The van der Waals surface area contributed by atoms with Crippen LogP contribution < -0.4 is 0 Å². The quantitative estimate of drug-likeness (QED) is 0.545. The second-order valence-electron chi connectivity index (χ2n) is 8.79. The third kappa shape index (κ3) is 4.88. The van der Waals surface area contributed by atoms with E-state index in [9.17, 15) is 9.59 Å². The molecule has 2 aliphatic heterocycles. The molecule has 0 N–H and O–H groups in total. The highest BCUT2D eigenvalue weighted by atomic mass is 32.1. The molecule has 1 aromatic carbocycles. The lowest BCUT2D eigenvalue weighted by molar-refractivity contribution is -0.133. The number of carbonyl (C=O) groups is 2. The average molecular weight is 463 g/mol. The number of hydrogen-bond acceptors (Lipinski definition) is 6. The van der Waals surface area contributed by atoms with Crippen LogP contribution in [0.15, 0.2) is 53.2 Å².